The normalized spacial score (nSPS) is 13.5. The summed E-state index contributed by atoms with van der Waals surface area (Å²) in [6, 6.07) is 34.9. The third-order valence-electron chi connectivity index (χ3n) is 9.06. The first-order valence-electron chi connectivity index (χ1n) is 17.0. The summed E-state index contributed by atoms with van der Waals surface area (Å²) in [6.07, 6.45) is 1.30. The highest BCUT2D eigenvalue weighted by molar-refractivity contribution is 7.92. The molecule has 14 heteroatoms. The Balaban J connectivity index is 0.999. The van der Waals surface area contributed by atoms with Gasteiger partial charge in [0.25, 0.3) is 15.7 Å². The van der Waals surface area contributed by atoms with Gasteiger partial charge < -0.3 is 15.0 Å². The van der Waals surface area contributed by atoms with Crippen LogP contribution >= 0.6 is 11.6 Å². The number of para-hydroxylation sites is 1. The molecule has 0 atom stereocenters. The van der Waals surface area contributed by atoms with Crippen molar-refractivity contribution in [1.82, 2.24) is 14.9 Å². The van der Waals surface area contributed by atoms with Crippen molar-refractivity contribution in [1.29, 1.82) is 0 Å². The van der Waals surface area contributed by atoms with E-state index in [9.17, 15) is 18.5 Å². The van der Waals surface area contributed by atoms with Crippen LogP contribution in [-0.2, 0) is 16.6 Å². The molecule has 270 valence electrons. The smallest absolute Gasteiger partial charge is 0.293 e. The van der Waals surface area contributed by atoms with Crippen LogP contribution < -0.4 is 19.7 Å². The second kappa shape index (κ2) is 15.9. The lowest BCUT2D eigenvalue weighted by atomic mass is 9.99. The Kier molecular flexibility index (Phi) is 10.7. The number of halogens is 1. The molecule has 0 saturated carbocycles. The fourth-order valence-electron chi connectivity index (χ4n) is 6.33. The number of anilines is 3. The Bertz CT molecular complexity index is 2340. The molecule has 1 aromatic heterocycles. The number of piperazine rings is 1. The topological polar surface area (TPSA) is 143 Å². The molecule has 0 spiro atoms. The maximum absolute atomic E-state index is 13.5. The van der Waals surface area contributed by atoms with Crippen LogP contribution in [0.25, 0.3) is 22.0 Å². The molecule has 1 aliphatic heterocycles. The zero-order chi connectivity index (χ0) is 36.8. The van der Waals surface area contributed by atoms with Crippen molar-refractivity contribution in [3.05, 3.63) is 142 Å². The van der Waals surface area contributed by atoms with Crippen molar-refractivity contribution in [3.8, 4) is 16.9 Å². The molecule has 5 aromatic carbocycles. The minimum Gasteiger partial charge on any atom is -0.492 e. The predicted octanol–water partition coefficient (Wildman–Crippen LogP) is 7.47. The summed E-state index contributed by atoms with van der Waals surface area (Å²) in [5.41, 5.74) is 4.92. The van der Waals surface area contributed by atoms with E-state index in [0.717, 1.165) is 50.0 Å². The molecular formula is C39H36ClN7O5S. The Morgan fingerprint density at radius 3 is 2.38 bits per heavy atom. The van der Waals surface area contributed by atoms with Crippen LogP contribution in [0.3, 0.4) is 0 Å². The Labute approximate surface area is 312 Å². The number of hydrogen-bond donors (Lipinski definition) is 2. The monoisotopic (exact) mass is 749 g/mol. The molecule has 53 heavy (non-hydrogen) atoms. The summed E-state index contributed by atoms with van der Waals surface area (Å²) in [4.78, 5) is 24.4. The van der Waals surface area contributed by atoms with Crippen LogP contribution in [0.15, 0.2) is 126 Å². The Morgan fingerprint density at radius 2 is 1.60 bits per heavy atom. The molecule has 0 amide bonds. The van der Waals surface area contributed by atoms with Gasteiger partial charge in [-0.3, -0.25) is 19.7 Å². The molecule has 0 unspecified atom stereocenters. The summed E-state index contributed by atoms with van der Waals surface area (Å²) in [5.74, 6) is 0.751. The molecule has 1 aliphatic rings. The van der Waals surface area contributed by atoms with Crippen LogP contribution in [0, 0.1) is 10.1 Å². The zero-order valence-electron chi connectivity index (χ0n) is 28.6. The second-order valence-corrected chi connectivity index (χ2v) is 14.6. The SMILES string of the molecule is O=[N+]([O-])c1cc(S(=O)(=O)Nc2ncnc3cc(N4CCN(Cc5ccccc5-c5ccc(Cl)cc5)CC4)ccc23)ccc1NCCOc1ccccc1. The van der Waals surface area contributed by atoms with Crippen LogP contribution in [0.5, 0.6) is 5.75 Å². The molecule has 12 nitrogen and oxygen atoms in total. The first kappa shape index (κ1) is 35.6. The standard InChI is InChI=1S/C39H36ClN7O5S/c40-30-12-10-28(11-13-30)34-9-5-4-6-29(34)26-45-19-21-46(22-20-45)31-14-16-35-37(24-31)42-27-43-39(35)44-53(50,51)33-15-17-36(38(25-33)47(48)49)41-18-23-52-32-7-2-1-3-8-32/h1-17,24-25,27,41H,18-23,26H2,(H,42,43,44). The van der Waals surface area contributed by atoms with Gasteiger partial charge in [-0.25, -0.2) is 18.4 Å². The highest BCUT2D eigenvalue weighted by atomic mass is 35.5. The van der Waals surface area contributed by atoms with E-state index in [1.54, 1.807) is 6.07 Å². The number of nitrogens with zero attached hydrogens (tertiary/aromatic N) is 5. The van der Waals surface area contributed by atoms with Gasteiger partial charge in [0, 0.05) is 61.4 Å². The summed E-state index contributed by atoms with van der Waals surface area (Å²) in [7, 11) is -4.24. The number of nitro groups is 1. The van der Waals surface area contributed by atoms with Crippen LogP contribution in [-0.4, -0.2) is 67.5 Å². The van der Waals surface area contributed by atoms with Gasteiger partial charge in [0.15, 0.2) is 5.82 Å². The highest BCUT2D eigenvalue weighted by Crippen LogP contribution is 2.31. The molecular weight excluding hydrogens is 714 g/mol. The van der Waals surface area contributed by atoms with E-state index in [1.807, 2.05) is 66.7 Å². The number of nitro benzene ring substituents is 1. The van der Waals surface area contributed by atoms with E-state index in [1.165, 1.54) is 29.6 Å². The second-order valence-electron chi connectivity index (χ2n) is 12.5. The number of rotatable bonds is 13. The van der Waals surface area contributed by atoms with Gasteiger partial charge >= 0.3 is 0 Å². The summed E-state index contributed by atoms with van der Waals surface area (Å²) < 4.78 is 35.1. The van der Waals surface area contributed by atoms with Crippen molar-refractivity contribution in [2.24, 2.45) is 0 Å². The minimum absolute atomic E-state index is 0.0774. The largest absolute Gasteiger partial charge is 0.492 e. The van der Waals surface area contributed by atoms with Crippen molar-refractivity contribution in [3.63, 3.8) is 0 Å². The molecule has 1 fully saturated rings. The van der Waals surface area contributed by atoms with Crippen LogP contribution in [0.1, 0.15) is 5.56 Å². The number of ether oxygens (including phenoxy) is 1. The number of aromatic nitrogens is 2. The van der Waals surface area contributed by atoms with E-state index in [-0.39, 0.29) is 35.2 Å². The maximum Gasteiger partial charge on any atom is 0.293 e. The van der Waals surface area contributed by atoms with Gasteiger partial charge in [-0.1, -0.05) is 66.2 Å². The van der Waals surface area contributed by atoms with Crippen molar-refractivity contribution >= 4 is 55.4 Å². The lowest BCUT2D eigenvalue weighted by Gasteiger charge is -2.36. The van der Waals surface area contributed by atoms with Gasteiger partial charge in [0.05, 0.1) is 15.3 Å². The van der Waals surface area contributed by atoms with Crippen molar-refractivity contribution < 1.29 is 18.1 Å². The van der Waals surface area contributed by atoms with E-state index < -0.39 is 14.9 Å². The summed E-state index contributed by atoms with van der Waals surface area (Å²) in [6.45, 7) is 4.69. The number of hydrogen-bond acceptors (Lipinski definition) is 10. The van der Waals surface area contributed by atoms with Gasteiger partial charge in [0.1, 0.15) is 24.4 Å². The minimum atomic E-state index is -4.24. The summed E-state index contributed by atoms with van der Waals surface area (Å²) >= 11 is 6.12. The third-order valence-corrected chi connectivity index (χ3v) is 10.6. The van der Waals surface area contributed by atoms with Gasteiger partial charge in [-0.05, 0) is 71.3 Å². The predicted molar refractivity (Wildman–Crippen MR) is 208 cm³/mol. The highest BCUT2D eigenvalue weighted by Gasteiger charge is 2.24. The van der Waals surface area contributed by atoms with E-state index in [0.29, 0.717) is 21.7 Å². The maximum atomic E-state index is 13.5. The average molecular weight is 750 g/mol. The van der Waals surface area contributed by atoms with E-state index >= 15 is 0 Å². The van der Waals surface area contributed by atoms with Gasteiger partial charge in [0.2, 0.25) is 0 Å². The molecule has 7 rings (SSSR count). The third kappa shape index (κ3) is 8.49. The Hall–Kier alpha value is -5.76. The lowest BCUT2D eigenvalue weighted by Crippen LogP contribution is -2.46. The number of nitrogens with one attached hydrogen (secondary N) is 2. The van der Waals surface area contributed by atoms with Crippen LogP contribution in [0.2, 0.25) is 5.02 Å². The fourth-order valence-corrected chi connectivity index (χ4v) is 7.51. The van der Waals surface area contributed by atoms with Crippen molar-refractivity contribution in [2.45, 2.75) is 11.4 Å². The fraction of sp³-hybridized carbons (Fsp3) is 0.179. The Morgan fingerprint density at radius 1 is 0.849 bits per heavy atom. The molecule has 6 aromatic rings. The number of fused-ring (bicyclic) bond motifs is 1. The average Bonchev–Trinajstić information content (AvgIpc) is 3.17. The molecule has 0 aliphatic carbocycles. The van der Waals surface area contributed by atoms with E-state index in [4.69, 9.17) is 16.3 Å². The van der Waals surface area contributed by atoms with E-state index in [2.05, 4.69) is 54.1 Å². The number of benzene rings is 5. The molecule has 2 N–H and O–H groups in total. The molecule has 0 radical (unpaired) electrons. The quantitative estimate of drug-likeness (QED) is 0.0694. The summed E-state index contributed by atoms with van der Waals surface area (Å²) in [5, 5.41) is 16.1. The van der Waals surface area contributed by atoms with Gasteiger partial charge in [-0.15, -0.1) is 0 Å². The first-order valence-corrected chi connectivity index (χ1v) is 18.9. The molecule has 2 heterocycles. The van der Waals surface area contributed by atoms with Gasteiger partial charge in [-0.2, -0.15) is 0 Å². The van der Waals surface area contributed by atoms with Crippen LogP contribution in [0.4, 0.5) is 22.9 Å². The zero-order valence-corrected chi connectivity index (χ0v) is 30.1. The first-order chi connectivity index (χ1) is 25.7. The molecule has 1 saturated heterocycles. The lowest BCUT2D eigenvalue weighted by molar-refractivity contribution is -0.384. The van der Waals surface area contributed by atoms with Crippen molar-refractivity contribution in [2.75, 3.05) is 54.3 Å². The number of sulfonamides is 1. The molecule has 0 bridgehead atoms.